The molecule has 0 bridgehead atoms. The Morgan fingerprint density at radius 3 is 2.50 bits per heavy atom. The van der Waals surface area contributed by atoms with E-state index in [1.165, 1.54) is 5.69 Å². The second kappa shape index (κ2) is 4.98. The van der Waals surface area contributed by atoms with Crippen molar-refractivity contribution in [3.63, 3.8) is 0 Å². The normalized spacial score (nSPS) is 10.9. The lowest BCUT2D eigenvalue weighted by Crippen LogP contribution is -2.13. The van der Waals surface area contributed by atoms with Crippen LogP contribution in [0.2, 0.25) is 0 Å². The number of hydrogen-bond acceptors (Lipinski definition) is 2. The van der Waals surface area contributed by atoms with Crippen LogP contribution in [0.5, 0.6) is 0 Å². The number of hydrogen-bond donors (Lipinski definition) is 1. The molecule has 3 nitrogen and oxygen atoms in total. The van der Waals surface area contributed by atoms with Crippen molar-refractivity contribution in [3.05, 3.63) is 40.9 Å². The highest BCUT2D eigenvalue weighted by molar-refractivity contribution is 7.71. The smallest absolute Gasteiger partial charge is 0.182 e. The van der Waals surface area contributed by atoms with Crippen LogP contribution < -0.4 is 4.90 Å². The summed E-state index contributed by atoms with van der Waals surface area (Å²) in [5.74, 6) is 0.424. The van der Waals surface area contributed by atoms with Crippen LogP contribution in [-0.4, -0.2) is 23.6 Å². The van der Waals surface area contributed by atoms with Gasteiger partial charge in [-0.05, 0) is 30.3 Å². The molecule has 4 heteroatoms. The second-order valence-corrected chi connectivity index (χ2v) is 5.28. The van der Waals surface area contributed by atoms with Gasteiger partial charge in [-0.3, -0.25) is 4.57 Å². The highest BCUT2D eigenvalue weighted by Gasteiger charge is 2.13. The van der Waals surface area contributed by atoms with Gasteiger partial charge in [0, 0.05) is 26.0 Å². The van der Waals surface area contributed by atoms with Crippen LogP contribution >= 0.6 is 12.2 Å². The maximum atomic E-state index is 5.41. The number of nitrogens with zero attached hydrogens (tertiary/aromatic N) is 2. The molecule has 0 atom stereocenters. The van der Waals surface area contributed by atoms with E-state index in [2.05, 4.69) is 40.4 Å². The Labute approximate surface area is 113 Å². The fraction of sp³-hybridized carbons (Fsp3) is 0.357. The molecule has 0 aliphatic rings. The van der Waals surface area contributed by atoms with E-state index >= 15 is 0 Å². The Bertz CT molecular complexity index is 593. The molecule has 1 heterocycles. The number of para-hydroxylation sites is 2. The molecule has 0 fully saturated rings. The predicted octanol–water partition coefficient (Wildman–Crippen LogP) is 3.72. The highest BCUT2D eigenvalue weighted by atomic mass is 32.1. The minimum atomic E-state index is 0.424. The maximum absolute atomic E-state index is 5.41. The lowest BCUT2D eigenvalue weighted by molar-refractivity contribution is 0.782. The summed E-state index contributed by atoms with van der Waals surface area (Å²) in [6, 6.07) is 8.30. The quantitative estimate of drug-likeness (QED) is 0.851. The molecule has 0 amide bonds. The average Bonchev–Trinajstić information content (AvgIpc) is 2.71. The van der Waals surface area contributed by atoms with Gasteiger partial charge < -0.3 is 9.88 Å². The zero-order valence-electron chi connectivity index (χ0n) is 11.3. The molecule has 0 radical (unpaired) electrons. The van der Waals surface area contributed by atoms with E-state index in [0.29, 0.717) is 5.92 Å². The van der Waals surface area contributed by atoms with Gasteiger partial charge in [0.15, 0.2) is 4.77 Å². The van der Waals surface area contributed by atoms with Crippen LogP contribution in [0.1, 0.15) is 25.5 Å². The summed E-state index contributed by atoms with van der Waals surface area (Å²) >= 11 is 5.41. The van der Waals surface area contributed by atoms with Gasteiger partial charge in [-0.25, -0.2) is 0 Å². The SMILES string of the molecule is CC(C)c1c[nH]c(=S)n1-c1ccccc1N(C)C. The molecule has 1 aromatic carbocycles. The highest BCUT2D eigenvalue weighted by Crippen LogP contribution is 2.27. The molecule has 0 saturated heterocycles. The number of aromatic nitrogens is 2. The molecule has 0 saturated carbocycles. The minimum absolute atomic E-state index is 0.424. The Morgan fingerprint density at radius 1 is 1.22 bits per heavy atom. The summed E-state index contributed by atoms with van der Waals surface area (Å²) in [6.07, 6.45) is 2.00. The predicted molar refractivity (Wildman–Crippen MR) is 79.4 cm³/mol. The Kier molecular flexibility index (Phi) is 3.57. The van der Waals surface area contributed by atoms with Crippen LogP contribution in [0.25, 0.3) is 5.69 Å². The van der Waals surface area contributed by atoms with E-state index in [1.807, 2.05) is 32.4 Å². The maximum Gasteiger partial charge on any atom is 0.182 e. The third-order valence-corrected chi connectivity index (χ3v) is 3.30. The largest absolute Gasteiger partial charge is 0.376 e. The van der Waals surface area contributed by atoms with Crippen molar-refractivity contribution in [3.8, 4) is 5.69 Å². The van der Waals surface area contributed by atoms with Crippen molar-refractivity contribution >= 4 is 17.9 Å². The third-order valence-electron chi connectivity index (χ3n) is 3.00. The number of benzene rings is 1. The van der Waals surface area contributed by atoms with Gasteiger partial charge in [0.05, 0.1) is 11.4 Å². The van der Waals surface area contributed by atoms with E-state index in [9.17, 15) is 0 Å². The van der Waals surface area contributed by atoms with Crippen molar-refractivity contribution in [1.82, 2.24) is 9.55 Å². The van der Waals surface area contributed by atoms with E-state index in [0.717, 1.165) is 16.1 Å². The van der Waals surface area contributed by atoms with E-state index in [1.54, 1.807) is 0 Å². The summed E-state index contributed by atoms with van der Waals surface area (Å²) < 4.78 is 2.86. The zero-order valence-corrected chi connectivity index (χ0v) is 12.1. The minimum Gasteiger partial charge on any atom is -0.376 e. The third kappa shape index (κ3) is 2.20. The number of rotatable bonds is 3. The molecule has 0 aliphatic heterocycles. The van der Waals surface area contributed by atoms with E-state index in [-0.39, 0.29) is 0 Å². The van der Waals surface area contributed by atoms with Crippen molar-refractivity contribution in [2.24, 2.45) is 0 Å². The molecule has 0 unspecified atom stereocenters. The lowest BCUT2D eigenvalue weighted by Gasteiger charge is -2.20. The Morgan fingerprint density at radius 2 is 1.89 bits per heavy atom. The first-order chi connectivity index (χ1) is 8.52. The van der Waals surface area contributed by atoms with Gasteiger partial charge in [0.1, 0.15) is 0 Å². The van der Waals surface area contributed by atoms with Crippen molar-refractivity contribution in [2.75, 3.05) is 19.0 Å². The first-order valence-corrected chi connectivity index (χ1v) is 6.50. The number of nitrogens with one attached hydrogen (secondary N) is 1. The molecular weight excluding hydrogens is 242 g/mol. The topological polar surface area (TPSA) is 24.0 Å². The zero-order chi connectivity index (χ0) is 13.3. The van der Waals surface area contributed by atoms with E-state index < -0.39 is 0 Å². The first kappa shape index (κ1) is 12.9. The average molecular weight is 261 g/mol. The fourth-order valence-electron chi connectivity index (χ4n) is 2.09. The number of H-pyrrole nitrogens is 1. The standard InChI is InChI=1S/C14H19N3S/c1-10(2)13-9-15-14(18)17(13)12-8-6-5-7-11(12)16(3)4/h5-10H,1-4H3,(H,15,18). The van der Waals surface area contributed by atoms with Gasteiger partial charge >= 0.3 is 0 Å². The van der Waals surface area contributed by atoms with Crippen LogP contribution in [0.4, 0.5) is 5.69 Å². The molecule has 18 heavy (non-hydrogen) atoms. The van der Waals surface area contributed by atoms with Gasteiger partial charge in [0.25, 0.3) is 0 Å². The van der Waals surface area contributed by atoms with Crippen molar-refractivity contribution < 1.29 is 0 Å². The monoisotopic (exact) mass is 261 g/mol. The van der Waals surface area contributed by atoms with Gasteiger partial charge in [-0.2, -0.15) is 0 Å². The Balaban J connectivity index is 2.69. The molecule has 1 aromatic heterocycles. The molecule has 2 aromatic rings. The van der Waals surface area contributed by atoms with Gasteiger partial charge in [-0.1, -0.05) is 26.0 Å². The molecule has 2 rings (SSSR count). The molecule has 0 spiro atoms. The van der Waals surface area contributed by atoms with Crippen LogP contribution in [0, 0.1) is 4.77 Å². The van der Waals surface area contributed by atoms with Crippen LogP contribution in [0.15, 0.2) is 30.5 Å². The second-order valence-electron chi connectivity index (χ2n) is 4.89. The summed E-state index contributed by atoms with van der Waals surface area (Å²) in [7, 11) is 4.09. The molecule has 1 N–H and O–H groups in total. The molecular formula is C14H19N3S. The van der Waals surface area contributed by atoms with E-state index in [4.69, 9.17) is 12.2 Å². The summed E-state index contributed by atoms with van der Waals surface area (Å²) in [4.78, 5) is 5.25. The van der Waals surface area contributed by atoms with Crippen LogP contribution in [0.3, 0.4) is 0 Å². The number of imidazole rings is 1. The Hall–Kier alpha value is -1.55. The summed E-state index contributed by atoms with van der Waals surface area (Å²) in [5, 5.41) is 0. The molecule has 0 aliphatic carbocycles. The van der Waals surface area contributed by atoms with Crippen molar-refractivity contribution in [2.45, 2.75) is 19.8 Å². The number of anilines is 1. The lowest BCUT2D eigenvalue weighted by atomic mass is 10.1. The fourth-order valence-corrected chi connectivity index (χ4v) is 2.35. The summed E-state index contributed by atoms with van der Waals surface area (Å²) in [5.41, 5.74) is 3.49. The van der Waals surface area contributed by atoms with Gasteiger partial charge in [0.2, 0.25) is 0 Å². The first-order valence-electron chi connectivity index (χ1n) is 6.09. The van der Waals surface area contributed by atoms with Gasteiger partial charge in [-0.15, -0.1) is 0 Å². The molecule has 96 valence electrons. The van der Waals surface area contributed by atoms with Crippen LogP contribution in [-0.2, 0) is 0 Å². The number of aromatic amines is 1. The summed E-state index contributed by atoms with van der Waals surface area (Å²) in [6.45, 7) is 4.35. The van der Waals surface area contributed by atoms with Crippen molar-refractivity contribution in [1.29, 1.82) is 0 Å².